The first-order valence-corrected chi connectivity index (χ1v) is 6.25. The van der Waals surface area contributed by atoms with Gasteiger partial charge in [0.05, 0.1) is 19.8 Å². The predicted octanol–water partition coefficient (Wildman–Crippen LogP) is 1.62. The first-order chi connectivity index (χ1) is 9.22. The molecule has 0 heterocycles. The molecule has 0 aliphatic carbocycles. The molecule has 6 heteroatoms. The quantitative estimate of drug-likeness (QED) is 0.666. The third kappa shape index (κ3) is 7.46. The highest BCUT2D eigenvalue weighted by molar-refractivity contribution is 6.30. The smallest absolute Gasteiger partial charge is 0.318 e. The normalized spacial score (nSPS) is 10.6. The molecule has 3 N–H and O–H groups in total. The fraction of sp³-hybridized carbons (Fsp3) is 0.308. The third-order valence-electron chi connectivity index (χ3n) is 2.11. The van der Waals surface area contributed by atoms with Crippen LogP contribution in [0.2, 0.25) is 5.02 Å². The molecular formula is C13H17ClN2O3. The van der Waals surface area contributed by atoms with E-state index in [1.807, 2.05) is 12.1 Å². The minimum absolute atomic E-state index is 0.0193. The van der Waals surface area contributed by atoms with Gasteiger partial charge in [-0.25, -0.2) is 4.79 Å². The van der Waals surface area contributed by atoms with Gasteiger partial charge in [0.15, 0.2) is 0 Å². The molecule has 0 spiro atoms. The maximum absolute atomic E-state index is 11.3. The van der Waals surface area contributed by atoms with Crippen LogP contribution < -0.4 is 10.6 Å². The Morgan fingerprint density at radius 2 is 2.26 bits per heavy atom. The van der Waals surface area contributed by atoms with Crippen molar-refractivity contribution in [1.29, 1.82) is 0 Å². The average molecular weight is 285 g/mol. The van der Waals surface area contributed by atoms with E-state index in [1.54, 1.807) is 18.2 Å². The number of aliphatic hydroxyl groups excluding tert-OH is 1. The SMILES string of the molecule is O=C(N/C=C/c1cccc(Cl)c1)NCCOCCO. The number of aliphatic hydroxyl groups is 1. The monoisotopic (exact) mass is 284 g/mol. The summed E-state index contributed by atoms with van der Waals surface area (Å²) in [6, 6.07) is 6.97. The minimum Gasteiger partial charge on any atom is -0.394 e. The summed E-state index contributed by atoms with van der Waals surface area (Å²) < 4.78 is 4.99. The number of hydrogen-bond acceptors (Lipinski definition) is 3. The molecule has 0 aromatic heterocycles. The highest BCUT2D eigenvalue weighted by Crippen LogP contribution is 2.11. The van der Waals surface area contributed by atoms with Crippen molar-refractivity contribution < 1.29 is 14.6 Å². The van der Waals surface area contributed by atoms with Crippen molar-refractivity contribution in [2.24, 2.45) is 0 Å². The van der Waals surface area contributed by atoms with Crippen LogP contribution in [0.3, 0.4) is 0 Å². The summed E-state index contributed by atoms with van der Waals surface area (Å²) >= 11 is 5.83. The van der Waals surface area contributed by atoms with Crippen LogP contribution in [-0.4, -0.2) is 37.5 Å². The zero-order chi connectivity index (χ0) is 13.9. The van der Waals surface area contributed by atoms with E-state index in [4.69, 9.17) is 21.4 Å². The largest absolute Gasteiger partial charge is 0.394 e. The molecule has 19 heavy (non-hydrogen) atoms. The van der Waals surface area contributed by atoms with Crippen LogP contribution in [0.4, 0.5) is 4.79 Å². The minimum atomic E-state index is -0.314. The second kappa shape index (κ2) is 9.38. The fourth-order valence-corrected chi connectivity index (χ4v) is 1.48. The highest BCUT2D eigenvalue weighted by Gasteiger charge is 1.95. The van der Waals surface area contributed by atoms with E-state index in [9.17, 15) is 4.79 Å². The predicted molar refractivity (Wildman–Crippen MR) is 74.9 cm³/mol. The maximum atomic E-state index is 11.3. The third-order valence-corrected chi connectivity index (χ3v) is 2.34. The van der Waals surface area contributed by atoms with Crippen LogP contribution >= 0.6 is 11.6 Å². The van der Waals surface area contributed by atoms with E-state index in [0.717, 1.165) is 5.56 Å². The van der Waals surface area contributed by atoms with Crippen molar-refractivity contribution in [3.05, 3.63) is 41.1 Å². The van der Waals surface area contributed by atoms with E-state index < -0.39 is 0 Å². The molecule has 5 nitrogen and oxygen atoms in total. The number of amides is 2. The van der Waals surface area contributed by atoms with Crippen molar-refractivity contribution in [2.45, 2.75) is 0 Å². The molecule has 0 aliphatic rings. The van der Waals surface area contributed by atoms with Gasteiger partial charge in [-0.15, -0.1) is 0 Å². The van der Waals surface area contributed by atoms with Gasteiger partial charge in [-0.3, -0.25) is 0 Å². The van der Waals surface area contributed by atoms with Gasteiger partial charge in [0.25, 0.3) is 0 Å². The van der Waals surface area contributed by atoms with Crippen LogP contribution in [-0.2, 0) is 4.74 Å². The zero-order valence-electron chi connectivity index (χ0n) is 10.4. The van der Waals surface area contributed by atoms with Gasteiger partial charge in [-0.05, 0) is 23.8 Å². The lowest BCUT2D eigenvalue weighted by molar-refractivity contribution is 0.0948. The summed E-state index contributed by atoms with van der Waals surface area (Å²) in [5.74, 6) is 0. The van der Waals surface area contributed by atoms with Gasteiger partial charge in [-0.1, -0.05) is 23.7 Å². The Hall–Kier alpha value is -1.56. The second-order valence-corrected chi connectivity index (χ2v) is 4.06. The van der Waals surface area contributed by atoms with E-state index in [0.29, 0.717) is 18.2 Å². The molecule has 0 radical (unpaired) electrons. The first kappa shape index (κ1) is 15.5. The van der Waals surface area contributed by atoms with Gasteiger partial charge in [0.1, 0.15) is 0 Å². The van der Waals surface area contributed by atoms with Crippen LogP contribution in [0.5, 0.6) is 0 Å². The van der Waals surface area contributed by atoms with Gasteiger partial charge < -0.3 is 20.5 Å². The molecule has 1 rings (SSSR count). The molecular weight excluding hydrogens is 268 g/mol. The number of carbonyl (C=O) groups is 1. The lowest BCUT2D eigenvalue weighted by Gasteiger charge is -2.04. The number of hydrogen-bond donors (Lipinski definition) is 3. The molecule has 1 aromatic rings. The summed E-state index contributed by atoms with van der Waals surface area (Å²) in [6.07, 6.45) is 3.28. The van der Waals surface area contributed by atoms with Crippen LogP contribution in [0, 0.1) is 0 Å². The molecule has 0 unspecified atom stereocenters. The van der Waals surface area contributed by atoms with Crippen molar-refractivity contribution in [2.75, 3.05) is 26.4 Å². The number of ether oxygens (including phenoxy) is 1. The average Bonchev–Trinajstić information content (AvgIpc) is 2.38. The van der Waals surface area contributed by atoms with Crippen molar-refractivity contribution in [3.8, 4) is 0 Å². The molecule has 0 saturated carbocycles. The standard InChI is InChI=1S/C13H17ClN2O3/c14-12-3-1-2-11(10-12)4-5-15-13(18)16-6-8-19-9-7-17/h1-5,10,17H,6-9H2,(H2,15,16,18)/b5-4+. The second-order valence-electron chi connectivity index (χ2n) is 3.62. The molecule has 104 valence electrons. The molecule has 0 saturated heterocycles. The van der Waals surface area contributed by atoms with E-state index in [-0.39, 0.29) is 19.2 Å². The molecule has 0 atom stereocenters. The lowest BCUT2D eigenvalue weighted by Crippen LogP contribution is -2.34. The van der Waals surface area contributed by atoms with Crippen LogP contribution in [0.25, 0.3) is 6.08 Å². The molecule has 0 aliphatic heterocycles. The number of benzene rings is 1. The number of nitrogens with one attached hydrogen (secondary N) is 2. The molecule has 0 bridgehead atoms. The van der Waals surface area contributed by atoms with Crippen molar-refractivity contribution >= 4 is 23.7 Å². The van der Waals surface area contributed by atoms with Crippen molar-refractivity contribution in [3.63, 3.8) is 0 Å². The van der Waals surface area contributed by atoms with E-state index in [1.165, 1.54) is 6.20 Å². The topological polar surface area (TPSA) is 70.6 Å². The molecule has 1 aromatic carbocycles. The summed E-state index contributed by atoms with van der Waals surface area (Å²) in [5, 5.41) is 14.3. The molecule has 2 amide bonds. The summed E-state index contributed by atoms with van der Waals surface area (Å²) in [5.41, 5.74) is 0.902. The van der Waals surface area contributed by atoms with Gasteiger partial charge in [0.2, 0.25) is 0 Å². The fourth-order valence-electron chi connectivity index (χ4n) is 1.28. The Morgan fingerprint density at radius 3 is 3.00 bits per heavy atom. The number of carbonyl (C=O) groups excluding carboxylic acids is 1. The lowest BCUT2D eigenvalue weighted by atomic mass is 10.2. The Bertz CT molecular complexity index is 424. The Morgan fingerprint density at radius 1 is 1.42 bits per heavy atom. The molecule has 0 fully saturated rings. The maximum Gasteiger partial charge on any atom is 0.318 e. The zero-order valence-corrected chi connectivity index (χ0v) is 11.2. The van der Waals surface area contributed by atoms with Crippen LogP contribution in [0.1, 0.15) is 5.56 Å². The first-order valence-electron chi connectivity index (χ1n) is 5.87. The Kier molecular flexibility index (Phi) is 7.65. The number of urea groups is 1. The Labute approximate surface area is 117 Å². The van der Waals surface area contributed by atoms with Gasteiger partial charge in [0, 0.05) is 17.8 Å². The summed E-state index contributed by atoms with van der Waals surface area (Å²) in [7, 11) is 0. The number of halogens is 1. The summed E-state index contributed by atoms with van der Waals surface area (Å²) in [4.78, 5) is 11.3. The van der Waals surface area contributed by atoms with E-state index >= 15 is 0 Å². The van der Waals surface area contributed by atoms with Gasteiger partial charge >= 0.3 is 6.03 Å². The highest BCUT2D eigenvalue weighted by atomic mass is 35.5. The van der Waals surface area contributed by atoms with Crippen molar-refractivity contribution in [1.82, 2.24) is 10.6 Å². The van der Waals surface area contributed by atoms with Crippen LogP contribution in [0.15, 0.2) is 30.5 Å². The summed E-state index contributed by atoms with van der Waals surface area (Å²) in [6.45, 7) is 1.01. The van der Waals surface area contributed by atoms with E-state index in [2.05, 4.69) is 10.6 Å². The van der Waals surface area contributed by atoms with Gasteiger partial charge in [-0.2, -0.15) is 0 Å². The Balaban J connectivity index is 2.19. The number of rotatable bonds is 7.